The first kappa shape index (κ1) is 110. The second kappa shape index (κ2) is 43.4. The fraction of sp³-hybridized carbons (Fsp3) is 0.369. The van der Waals surface area contributed by atoms with Crippen LogP contribution in [0.2, 0.25) is 0 Å². The van der Waals surface area contributed by atoms with Crippen LogP contribution in [0.1, 0.15) is 243 Å². The summed E-state index contributed by atoms with van der Waals surface area (Å²) in [6.07, 6.45) is 1.06. The number of aromatic nitrogens is 17. The number of benzene rings is 5. The number of anilines is 1. The molecule has 10 N–H and O–H groups in total. The third-order valence-corrected chi connectivity index (χ3v) is 22.3. The summed E-state index contributed by atoms with van der Waals surface area (Å²) in [5.41, 5.74) is 8.10. The molecule has 41 nitrogen and oxygen atoms in total. The van der Waals surface area contributed by atoms with Crippen LogP contribution < -0.4 is 21.4 Å². The van der Waals surface area contributed by atoms with Crippen molar-refractivity contribution in [3.8, 4) is 39.8 Å². The smallest absolute Gasteiger partial charge is 0.299 e. The second-order valence-corrected chi connectivity index (χ2v) is 44.0. The van der Waals surface area contributed by atoms with E-state index in [1.807, 2.05) is 284 Å². The van der Waals surface area contributed by atoms with Crippen LogP contribution >= 0.6 is 0 Å². The molecular weight excluding hydrogens is 1860 g/mol. The molecule has 0 saturated carbocycles. The average molecular weight is 1980 g/mol. The minimum Gasteiger partial charge on any atom is -0.505 e. The van der Waals surface area contributed by atoms with Gasteiger partial charge in [0.15, 0.2) is 28.6 Å². The zero-order chi connectivity index (χ0) is 108. The van der Waals surface area contributed by atoms with E-state index in [-0.39, 0.29) is 136 Å². The van der Waals surface area contributed by atoms with Gasteiger partial charge >= 0.3 is 0 Å². The Kier molecular flexibility index (Phi) is 32.8. The Morgan fingerprint density at radius 3 is 1.12 bits per heavy atom. The van der Waals surface area contributed by atoms with Crippen LogP contribution in [0.4, 0.5) is 97.5 Å². The van der Waals surface area contributed by atoms with E-state index in [2.05, 4.69) is 151 Å². The predicted molar refractivity (Wildman–Crippen MR) is 562 cm³/mol. The van der Waals surface area contributed by atoms with Gasteiger partial charge < -0.3 is 10.2 Å². The van der Waals surface area contributed by atoms with Gasteiger partial charge in [0.25, 0.3) is 50.8 Å². The highest BCUT2D eigenvalue weighted by atomic mass is 32.2. The van der Waals surface area contributed by atoms with Gasteiger partial charge in [-0.1, -0.05) is 244 Å². The van der Waals surface area contributed by atoms with Crippen LogP contribution in [0, 0.1) is 53.3 Å². The fourth-order valence-electron chi connectivity index (χ4n) is 14.4. The molecule has 14 aromatic rings. The third kappa shape index (κ3) is 25.5. The van der Waals surface area contributed by atoms with Gasteiger partial charge in [0.2, 0.25) is 45.0 Å². The molecule has 0 fully saturated rings. The molecule has 0 unspecified atom stereocenters. The van der Waals surface area contributed by atoms with Crippen molar-refractivity contribution < 1.29 is 18.6 Å². The number of phenols is 1. The van der Waals surface area contributed by atoms with E-state index in [4.69, 9.17) is 39.4 Å². The van der Waals surface area contributed by atoms with Crippen LogP contribution in [0.25, 0.3) is 57.3 Å². The second-order valence-electron chi connectivity index (χ2n) is 42.3. The lowest BCUT2D eigenvalue weighted by Crippen LogP contribution is -2.32. The van der Waals surface area contributed by atoms with Gasteiger partial charge in [-0.15, -0.1) is 51.1 Å². The predicted octanol–water partition coefficient (Wildman–Crippen LogP) is 27.8. The molecule has 0 aliphatic rings. The summed E-state index contributed by atoms with van der Waals surface area (Å²) in [6, 6.07) is 40.1. The first-order chi connectivity index (χ1) is 67.6. The van der Waals surface area contributed by atoms with Crippen molar-refractivity contribution in [1.82, 2.24) is 84.9 Å². The maximum atomic E-state index is 13.1. The molecule has 9 aromatic heterocycles. The number of para-hydroxylation sites is 3. The first-order valence-corrected chi connectivity index (χ1v) is 47.7. The van der Waals surface area contributed by atoms with Gasteiger partial charge in [0.1, 0.15) is 11.4 Å². The number of hydrogen-bond acceptors (Lipinski definition) is 23. The number of H-pyrrole nitrogens is 7. The van der Waals surface area contributed by atoms with Gasteiger partial charge in [0.05, 0.1) is 85.4 Å². The van der Waals surface area contributed by atoms with Crippen molar-refractivity contribution in [3.63, 3.8) is 0 Å². The molecule has 5 aromatic carbocycles. The van der Waals surface area contributed by atoms with E-state index in [1.165, 1.54) is 16.3 Å². The van der Waals surface area contributed by atoms with Gasteiger partial charge in [-0.05, 0) is 127 Å². The molecule has 0 aliphatic heterocycles. The van der Waals surface area contributed by atoms with Crippen molar-refractivity contribution >= 4 is 107 Å². The molecule has 0 atom stereocenters. The molecule has 750 valence electrons. The number of rotatable bonds is 17. The number of pyridine rings is 1. The number of sulfonamides is 1. The van der Waals surface area contributed by atoms with Gasteiger partial charge in [0, 0.05) is 50.3 Å². The lowest BCUT2D eigenvalue weighted by Gasteiger charge is -2.21. The van der Waals surface area contributed by atoms with E-state index >= 15 is 0 Å². The van der Waals surface area contributed by atoms with Crippen LogP contribution in [0.5, 0.6) is 11.6 Å². The summed E-state index contributed by atoms with van der Waals surface area (Å²) in [5.74, 6) is 0.644. The Labute approximate surface area is 841 Å². The van der Waals surface area contributed by atoms with Gasteiger partial charge in [-0.3, -0.25) is 59.4 Å². The Morgan fingerprint density at radius 1 is 0.393 bits per heavy atom. The van der Waals surface area contributed by atoms with E-state index < -0.39 is 32.4 Å². The third-order valence-electron chi connectivity index (χ3n) is 21.8. The molecule has 145 heavy (non-hydrogen) atoms. The maximum absolute atomic E-state index is 13.1. The summed E-state index contributed by atoms with van der Waals surface area (Å²) in [6.45, 7) is 99.4. The number of nitrogens with one attached hydrogen (secondary N) is 8. The number of aromatic amines is 7. The fourth-order valence-corrected chi connectivity index (χ4v) is 14.9. The highest BCUT2D eigenvalue weighted by Crippen LogP contribution is 2.48. The van der Waals surface area contributed by atoms with Crippen molar-refractivity contribution in [2.45, 2.75) is 243 Å². The van der Waals surface area contributed by atoms with E-state index in [1.54, 1.807) is 41.1 Å². The van der Waals surface area contributed by atoms with Crippen LogP contribution in [0.15, 0.2) is 199 Å². The van der Waals surface area contributed by atoms with Gasteiger partial charge in [-0.2, -0.15) is 30.6 Å². The summed E-state index contributed by atoms with van der Waals surface area (Å²) >= 11 is 0. The summed E-state index contributed by atoms with van der Waals surface area (Å²) in [7, 11) is -3.66. The summed E-state index contributed by atoms with van der Waals surface area (Å²) in [5, 5.41) is 109. The maximum Gasteiger partial charge on any atom is 0.299 e. The lowest BCUT2D eigenvalue weighted by atomic mass is 9.91. The number of hydrogen-bond donors (Lipinski definition) is 10. The van der Waals surface area contributed by atoms with Crippen LogP contribution in [-0.2, 0) is 53.5 Å². The lowest BCUT2D eigenvalue weighted by molar-refractivity contribution is 0.339. The summed E-state index contributed by atoms with van der Waals surface area (Å²) < 4.78 is 32.5. The van der Waals surface area contributed by atoms with Crippen molar-refractivity contribution in [1.29, 1.82) is 0 Å². The topological polar surface area (TPSA) is 495 Å². The number of azo groups is 5. The quantitative estimate of drug-likeness (QED) is 0.0300. The van der Waals surface area contributed by atoms with E-state index in [9.17, 15) is 33.0 Å². The Hall–Kier alpha value is -17.4. The minimum absolute atomic E-state index is 0.0477. The monoisotopic (exact) mass is 1980 g/mol. The molecule has 9 heterocycles. The molecule has 0 radical (unpaired) electrons. The standard InChI is InChI=1S/C22H28N8O2S.C21H19N7O2.C21H25N7O.C21H21N5O.C18H27N7O/c1-21(2,3)17-15(23-7)19(27-25-17)26-24-16-18(22(4,5)6)28-30(14-12-10-9-11-13-14)20(16)29-33(8,31)32;1-12-14(22-5)19(29)28(13-10-8-7-9-11-13)20(30)15(12)24-26-18-16(23-6)17(25-27-18)21(2,3)4;1-20(2,3)16-14(22-7)18(26-24-16)25-23-15-17(21(4,5)6)27-28(19(15)29)13-11-9-8-10-12-13;1-13-11-15(14-9-7-6-8-10-14)18(27)16(12-13)23-25-20-17(22-5)19(24-26-20)21(2,3)4;1-10(2)11-12(19-9)15(22-20-11)23-21-13-14(17(3,4)5)24-25(16(13)26)18(6,7)8/h9-13,29H,1-6,8H3,(H,25,27);7-11,29H,1-4H3,(H,25,27);8-12,27H,1-6H3,(H,24,26);6-12,27H,1-4H3,(H,24,26);10,24H,1-8H3,(H,20,22). The van der Waals surface area contributed by atoms with Crippen molar-refractivity contribution in [3.05, 3.63) is 290 Å². The zero-order valence-corrected chi connectivity index (χ0v) is 87.6. The van der Waals surface area contributed by atoms with E-state index in [0.29, 0.717) is 90.9 Å². The normalized spacial score (nSPS) is 12.2. The highest BCUT2D eigenvalue weighted by Gasteiger charge is 2.36. The zero-order valence-electron chi connectivity index (χ0n) is 86.8. The molecular formula is C103H120N34O7S. The van der Waals surface area contributed by atoms with E-state index in [0.717, 1.165) is 21.9 Å². The Bertz CT molecular complexity index is 7860. The van der Waals surface area contributed by atoms with Crippen LogP contribution in [0.3, 0.4) is 0 Å². The Morgan fingerprint density at radius 2 is 0.745 bits per heavy atom. The Balaban J connectivity index is 0.000000186. The largest absolute Gasteiger partial charge is 0.505 e. The molecule has 42 heteroatoms. The number of phenolic OH excluding ortho intramolecular Hbond substituents is 1. The molecule has 0 bridgehead atoms. The van der Waals surface area contributed by atoms with Gasteiger partial charge in [-0.25, -0.2) is 51.5 Å². The SMILES string of the molecule is [C-]#[N+]c1c(N=Nc2c(C(C)(C)C)[nH]n(-c3ccccc3)c2=O)n[nH]c1C(C)(C)C.[C-]#[N+]c1c(N=Nc2c(C(C)(C)C)[nH]n(C(C)(C)C)c2=O)n[nH]c1C(C)C.[C-]#[N+]c1c(N=Nc2c(C(C)(C)C)nn(-c3ccccc3)c2NS(C)(=O)=O)n[nH]c1C(C)(C)C.[C-]#[N+]c1c(N=Nc2c(C)c([N+]#[C-])c(O)n(-c3ccccc3)c2=O)n[nH]c1C(C)(C)C.[C-]#[N+]c1c(N=Nc2cc(C)cc(-c3ccccc3)c2O)n[nH]c1C(C)(C)C. The number of aryl methyl sites for hydroxylation is 1. The molecule has 0 aliphatic carbocycles. The molecule has 0 saturated heterocycles. The average Bonchev–Trinajstić information content (AvgIpc) is 1.30. The summed E-state index contributed by atoms with van der Waals surface area (Å²) in [4.78, 5) is 60.1. The highest BCUT2D eigenvalue weighted by molar-refractivity contribution is 7.92. The molecule has 14 rings (SSSR count). The minimum atomic E-state index is -3.66. The number of aromatic hydroxyl groups is 2. The van der Waals surface area contributed by atoms with Crippen molar-refractivity contribution in [2.75, 3.05) is 11.0 Å². The van der Waals surface area contributed by atoms with Crippen LogP contribution in [-0.4, -0.2) is 110 Å². The molecule has 0 amide bonds. The van der Waals surface area contributed by atoms with Crippen molar-refractivity contribution in [2.24, 2.45) is 51.1 Å². The molecule has 0 spiro atoms. The first-order valence-electron chi connectivity index (χ1n) is 45.8. The number of nitrogens with zero attached hydrogens (tertiary/aromatic N) is 26.